The van der Waals surface area contributed by atoms with E-state index in [0.29, 0.717) is 17.9 Å². The highest BCUT2D eigenvalue weighted by molar-refractivity contribution is 9.10. The molecule has 178 valence electrons. The van der Waals surface area contributed by atoms with E-state index >= 15 is 0 Å². The van der Waals surface area contributed by atoms with Crippen LogP contribution in [0.2, 0.25) is 0 Å². The molecule has 0 unspecified atom stereocenters. The summed E-state index contributed by atoms with van der Waals surface area (Å²) in [5, 5.41) is 0. The van der Waals surface area contributed by atoms with Gasteiger partial charge in [-0.3, -0.25) is 0 Å². The molecule has 0 aromatic heterocycles. The van der Waals surface area contributed by atoms with E-state index in [4.69, 9.17) is 0 Å². The van der Waals surface area contributed by atoms with Gasteiger partial charge in [-0.1, -0.05) is 30.3 Å². The highest BCUT2D eigenvalue weighted by Crippen LogP contribution is 2.36. The summed E-state index contributed by atoms with van der Waals surface area (Å²) >= 11 is 3.43. The summed E-state index contributed by atoms with van der Waals surface area (Å²) in [7, 11) is 0. The number of rotatable bonds is 3. The zero-order chi connectivity index (χ0) is 25.0. The molecule has 0 amide bonds. The summed E-state index contributed by atoms with van der Waals surface area (Å²) in [4.78, 5) is -0.220. The van der Waals surface area contributed by atoms with Crippen LogP contribution >= 0.6 is 27.7 Å². The van der Waals surface area contributed by atoms with Crippen molar-refractivity contribution in [3.63, 3.8) is 0 Å². The second-order valence-corrected chi connectivity index (χ2v) is 8.15. The van der Waals surface area contributed by atoms with Crippen LogP contribution in [0.15, 0.2) is 64.0 Å². The minimum absolute atomic E-state index is 0.187. The number of hydrogen-bond donors (Lipinski definition) is 0. The molecule has 3 rings (SSSR count). The molecular formula is C21H11BrF10S. The molecule has 0 bridgehead atoms. The van der Waals surface area contributed by atoms with Gasteiger partial charge in [0.1, 0.15) is 23.3 Å². The smallest absolute Gasteiger partial charge is 0.206 e. The lowest BCUT2D eigenvalue weighted by Gasteiger charge is -2.11. The summed E-state index contributed by atoms with van der Waals surface area (Å²) in [6.45, 7) is 0. The number of thioether (sulfide) groups is 1. The quantitative estimate of drug-likeness (QED) is 0.174. The van der Waals surface area contributed by atoms with Crippen molar-refractivity contribution in [1.29, 1.82) is 0 Å². The SMILES string of the molecule is Fc1cc(F)c(C(F)(F)F)cc1Br.Fc1cc(F)c(C(F)(F)F)cc1SCc1ccccc1. The lowest BCUT2D eigenvalue weighted by Crippen LogP contribution is -2.09. The Morgan fingerprint density at radius 3 is 1.64 bits per heavy atom. The van der Waals surface area contributed by atoms with Crippen LogP contribution in [-0.4, -0.2) is 0 Å². The van der Waals surface area contributed by atoms with Crippen LogP contribution in [0.3, 0.4) is 0 Å². The minimum Gasteiger partial charge on any atom is -0.206 e. The summed E-state index contributed by atoms with van der Waals surface area (Å²) < 4.78 is 125. The lowest BCUT2D eigenvalue weighted by atomic mass is 10.2. The topological polar surface area (TPSA) is 0 Å². The first-order valence-electron chi connectivity index (χ1n) is 8.65. The molecule has 12 heteroatoms. The molecule has 0 spiro atoms. The minimum atomic E-state index is -4.83. The van der Waals surface area contributed by atoms with Crippen LogP contribution in [0.4, 0.5) is 43.9 Å². The predicted octanol–water partition coefficient (Wildman–Crippen LogP) is 9.02. The van der Waals surface area contributed by atoms with Gasteiger partial charge in [0.2, 0.25) is 0 Å². The third-order valence-corrected chi connectivity index (χ3v) is 5.59. The zero-order valence-corrected chi connectivity index (χ0v) is 18.4. The first-order valence-corrected chi connectivity index (χ1v) is 10.4. The zero-order valence-electron chi connectivity index (χ0n) is 16.0. The standard InChI is InChI=1S/C14H9F5S.C7H2BrF5/c15-11-7-12(16)13(6-10(11)14(17,18)19)20-8-9-4-2-1-3-5-9;8-4-1-3(7(11,12)13)5(9)2-6(4)10/h1-7H,8H2;1-2H. The number of alkyl halides is 6. The van der Waals surface area contributed by atoms with Crippen LogP contribution in [0, 0.1) is 23.3 Å². The van der Waals surface area contributed by atoms with Gasteiger partial charge in [0.05, 0.1) is 15.6 Å². The van der Waals surface area contributed by atoms with Crippen LogP contribution in [0.1, 0.15) is 16.7 Å². The van der Waals surface area contributed by atoms with Gasteiger partial charge < -0.3 is 0 Å². The molecule has 0 aliphatic rings. The maximum Gasteiger partial charge on any atom is 0.419 e. The van der Waals surface area contributed by atoms with Crippen molar-refractivity contribution >= 4 is 27.7 Å². The molecule has 0 saturated heterocycles. The Morgan fingerprint density at radius 1 is 0.636 bits per heavy atom. The molecule has 0 radical (unpaired) electrons. The van der Waals surface area contributed by atoms with Crippen molar-refractivity contribution in [1.82, 2.24) is 0 Å². The molecule has 0 nitrogen and oxygen atoms in total. The largest absolute Gasteiger partial charge is 0.419 e. The van der Waals surface area contributed by atoms with Gasteiger partial charge >= 0.3 is 12.4 Å². The van der Waals surface area contributed by atoms with Crippen molar-refractivity contribution in [3.05, 3.63) is 99.0 Å². The van der Waals surface area contributed by atoms with Gasteiger partial charge in [0, 0.05) is 22.8 Å². The molecular weight excluding hydrogens is 554 g/mol. The molecule has 0 atom stereocenters. The van der Waals surface area contributed by atoms with Crippen LogP contribution in [-0.2, 0) is 18.1 Å². The van der Waals surface area contributed by atoms with Crippen molar-refractivity contribution in [2.75, 3.05) is 0 Å². The van der Waals surface area contributed by atoms with E-state index in [1.807, 2.05) is 0 Å². The fourth-order valence-corrected chi connectivity index (χ4v) is 3.59. The summed E-state index contributed by atoms with van der Waals surface area (Å²) in [6, 6.07) is 10.2. The third kappa shape index (κ3) is 7.66. The fraction of sp³-hybridized carbons (Fsp3) is 0.143. The molecule has 33 heavy (non-hydrogen) atoms. The molecule has 0 saturated carbocycles. The Hall–Kier alpha value is -2.21. The first-order chi connectivity index (χ1) is 15.2. The first kappa shape index (κ1) is 27.0. The molecule has 3 aromatic carbocycles. The Labute approximate surface area is 193 Å². The van der Waals surface area contributed by atoms with Crippen molar-refractivity contribution in [2.45, 2.75) is 23.0 Å². The predicted molar refractivity (Wildman–Crippen MR) is 106 cm³/mol. The van der Waals surface area contributed by atoms with E-state index in [2.05, 4.69) is 15.9 Å². The van der Waals surface area contributed by atoms with E-state index in [1.54, 1.807) is 30.3 Å². The maximum atomic E-state index is 13.5. The molecule has 0 heterocycles. The van der Waals surface area contributed by atoms with Crippen molar-refractivity contribution in [3.8, 4) is 0 Å². The van der Waals surface area contributed by atoms with Gasteiger partial charge in [-0.15, -0.1) is 11.8 Å². The van der Waals surface area contributed by atoms with E-state index < -0.39 is 51.2 Å². The number of benzene rings is 3. The molecule has 3 aromatic rings. The fourth-order valence-electron chi connectivity index (χ4n) is 2.33. The van der Waals surface area contributed by atoms with Crippen LogP contribution < -0.4 is 0 Å². The monoisotopic (exact) mass is 564 g/mol. The Kier molecular flexibility index (Phi) is 8.86. The van der Waals surface area contributed by atoms with Gasteiger partial charge in [-0.25, -0.2) is 17.6 Å². The van der Waals surface area contributed by atoms with Crippen LogP contribution in [0.5, 0.6) is 0 Å². The highest BCUT2D eigenvalue weighted by Gasteiger charge is 2.35. The molecule has 0 N–H and O–H groups in total. The Balaban J connectivity index is 0.000000257. The van der Waals surface area contributed by atoms with Gasteiger partial charge in [0.15, 0.2) is 0 Å². The average molecular weight is 565 g/mol. The molecule has 0 aliphatic carbocycles. The van der Waals surface area contributed by atoms with Gasteiger partial charge in [0.25, 0.3) is 0 Å². The summed E-state index contributed by atoms with van der Waals surface area (Å²) in [5.74, 6) is -4.96. The number of hydrogen-bond acceptors (Lipinski definition) is 1. The highest BCUT2D eigenvalue weighted by atomic mass is 79.9. The second-order valence-electron chi connectivity index (χ2n) is 6.28. The van der Waals surface area contributed by atoms with Crippen LogP contribution in [0.25, 0.3) is 0 Å². The summed E-state index contributed by atoms with van der Waals surface area (Å²) in [6.07, 6.45) is -9.64. The number of halogens is 11. The third-order valence-electron chi connectivity index (χ3n) is 3.88. The van der Waals surface area contributed by atoms with E-state index in [9.17, 15) is 43.9 Å². The Bertz CT molecular complexity index is 1090. The van der Waals surface area contributed by atoms with E-state index in [0.717, 1.165) is 17.3 Å². The van der Waals surface area contributed by atoms with E-state index in [-0.39, 0.29) is 17.0 Å². The molecule has 0 aliphatic heterocycles. The lowest BCUT2D eigenvalue weighted by molar-refractivity contribution is -0.141. The van der Waals surface area contributed by atoms with E-state index in [1.165, 1.54) is 0 Å². The van der Waals surface area contributed by atoms with Crippen molar-refractivity contribution in [2.24, 2.45) is 0 Å². The second kappa shape index (κ2) is 10.8. The van der Waals surface area contributed by atoms with Gasteiger partial charge in [-0.2, -0.15) is 26.3 Å². The summed E-state index contributed by atoms with van der Waals surface area (Å²) in [5.41, 5.74) is -2.09. The normalized spacial score (nSPS) is 11.7. The Morgan fingerprint density at radius 2 is 1.12 bits per heavy atom. The maximum absolute atomic E-state index is 13.5. The molecule has 0 fully saturated rings. The van der Waals surface area contributed by atoms with Crippen molar-refractivity contribution < 1.29 is 43.9 Å². The average Bonchev–Trinajstić information content (AvgIpc) is 2.69. The van der Waals surface area contributed by atoms with Gasteiger partial charge in [-0.05, 0) is 33.6 Å².